The zero-order valence-electron chi connectivity index (χ0n) is 14.6. The highest BCUT2D eigenvalue weighted by Gasteiger charge is 2.51. The van der Waals surface area contributed by atoms with Crippen LogP contribution in [0, 0.1) is 5.41 Å². The third-order valence-electron chi connectivity index (χ3n) is 4.73. The standard InChI is InChI=1S/C18H26N2O3/c1-6-23-16-11-15(18(16,3)4)20(5)17(22)13-7-9-14(10-8-13)19-12(2)21/h7-10,15-16H,6,11H2,1-5H3,(H,19,21)/t15-,16+/m1/s1. The first-order chi connectivity index (χ1) is 10.8. The molecule has 0 aromatic heterocycles. The largest absolute Gasteiger partial charge is 0.378 e. The predicted octanol–water partition coefficient (Wildman–Crippen LogP) is 2.92. The van der Waals surface area contributed by atoms with Gasteiger partial charge in [-0.15, -0.1) is 0 Å². The van der Waals surface area contributed by atoms with Gasteiger partial charge >= 0.3 is 0 Å². The number of ether oxygens (including phenoxy) is 1. The van der Waals surface area contributed by atoms with Gasteiger partial charge in [-0.2, -0.15) is 0 Å². The molecule has 2 atom stereocenters. The van der Waals surface area contributed by atoms with E-state index in [2.05, 4.69) is 19.2 Å². The van der Waals surface area contributed by atoms with Gasteiger partial charge in [-0.3, -0.25) is 9.59 Å². The summed E-state index contributed by atoms with van der Waals surface area (Å²) in [5.41, 5.74) is 1.27. The van der Waals surface area contributed by atoms with Gasteiger partial charge in [-0.25, -0.2) is 0 Å². The molecule has 0 spiro atoms. The van der Waals surface area contributed by atoms with E-state index in [0.717, 1.165) is 6.42 Å². The Labute approximate surface area is 138 Å². The zero-order valence-corrected chi connectivity index (χ0v) is 14.6. The molecule has 1 aliphatic rings. The number of nitrogens with one attached hydrogen (secondary N) is 1. The molecule has 1 N–H and O–H groups in total. The van der Waals surface area contributed by atoms with E-state index in [0.29, 0.717) is 17.9 Å². The first-order valence-corrected chi connectivity index (χ1v) is 8.03. The van der Waals surface area contributed by atoms with Crippen LogP contribution in [0.5, 0.6) is 0 Å². The topological polar surface area (TPSA) is 58.6 Å². The lowest BCUT2D eigenvalue weighted by Crippen LogP contribution is -2.62. The van der Waals surface area contributed by atoms with Crippen LogP contribution in [0.4, 0.5) is 5.69 Å². The second-order valence-corrected chi connectivity index (χ2v) is 6.69. The summed E-state index contributed by atoms with van der Waals surface area (Å²) in [7, 11) is 1.85. The molecule has 0 heterocycles. The van der Waals surface area contributed by atoms with Crippen LogP contribution in [0.1, 0.15) is 44.5 Å². The first kappa shape index (κ1) is 17.5. The summed E-state index contributed by atoms with van der Waals surface area (Å²) in [4.78, 5) is 25.5. The SMILES string of the molecule is CCO[C@H]1C[C@@H](N(C)C(=O)c2ccc(NC(C)=O)cc2)C1(C)C. The lowest BCUT2D eigenvalue weighted by molar-refractivity contribution is -0.136. The minimum Gasteiger partial charge on any atom is -0.378 e. The Morgan fingerprint density at radius 2 is 1.91 bits per heavy atom. The molecule has 23 heavy (non-hydrogen) atoms. The van der Waals surface area contributed by atoms with Crippen molar-refractivity contribution in [3.05, 3.63) is 29.8 Å². The van der Waals surface area contributed by atoms with Crippen LogP contribution in [0.2, 0.25) is 0 Å². The van der Waals surface area contributed by atoms with Crippen molar-refractivity contribution in [2.45, 2.75) is 46.3 Å². The van der Waals surface area contributed by atoms with Gasteiger partial charge in [0.1, 0.15) is 0 Å². The highest BCUT2D eigenvalue weighted by atomic mass is 16.5. The molecule has 1 aromatic rings. The Bertz CT molecular complexity index is 580. The maximum absolute atomic E-state index is 12.7. The Morgan fingerprint density at radius 1 is 1.30 bits per heavy atom. The van der Waals surface area contributed by atoms with Gasteiger partial charge in [-0.1, -0.05) is 13.8 Å². The third kappa shape index (κ3) is 3.55. The molecule has 2 rings (SSSR count). The zero-order chi connectivity index (χ0) is 17.2. The molecule has 0 aliphatic heterocycles. The van der Waals surface area contributed by atoms with Crippen LogP contribution in [-0.2, 0) is 9.53 Å². The number of hydrogen-bond acceptors (Lipinski definition) is 3. The van der Waals surface area contributed by atoms with E-state index in [1.165, 1.54) is 6.92 Å². The predicted molar refractivity (Wildman–Crippen MR) is 90.4 cm³/mol. The summed E-state index contributed by atoms with van der Waals surface area (Å²) in [6.07, 6.45) is 1.07. The highest BCUT2D eigenvalue weighted by molar-refractivity contribution is 5.95. The van der Waals surface area contributed by atoms with Gasteiger partial charge in [-0.05, 0) is 37.6 Å². The van der Waals surface area contributed by atoms with Crippen molar-refractivity contribution in [3.8, 4) is 0 Å². The molecule has 1 aromatic carbocycles. The van der Waals surface area contributed by atoms with Gasteiger partial charge in [0, 0.05) is 43.3 Å². The fourth-order valence-electron chi connectivity index (χ4n) is 3.25. The van der Waals surface area contributed by atoms with Crippen LogP contribution >= 0.6 is 0 Å². The molecule has 1 fully saturated rings. The minimum atomic E-state index is -0.126. The summed E-state index contributed by atoms with van der Waals surface area (Å²) in [6.45, 7) is 8.44. The molecule has 5 heteroatoms. The fourth-order valence-corrected chi connectivity index (χ4v) is 3.25. The maximum Gasteiger partial charge on any atom is 0.253 e. The third-order valence-corrected chi connectivity index (χ3v) is 4.73. The van der Waals surface area contributed by atoms with Gasteiger partial charge in [0.15, 0.2) is 0 Å². The lowest BCUT2D eigenvalue weighted by atomic mass is 9.63. The number of benzene rings is 1. The van der Waals surface area contributed by atoms with E-state index in [9.17, 15) is 9.59 Å². The van der Waals surface area contributed by atoms with Crippen molar-refractivity contribution in [3.63, 3.8) is 0 Å². The highest BCUT2D eigenvalue weighted by Crippen LogP contribution is 2.45. The number of rotatable bonds is 5. The molecule has 0 radical (unpaired) electrons. The monoisotopic (exact) mass is 318 g/mol. The molecule has 0 unspecified atom stereocenters. The van der Waals surface area contributed by atoms with Crippen molar-refractivity contribution in [1.29, 1.82) is 0 Å². The molecule has 5 nitrogen and oxygen atoms in total. The van der Waals surface area contributed by atoms with E-state index in [1.807, 2.05) is 18.9 Å². The Hall–Kier alpha value is -1.88. The van der Waals surface area contributed by atoms with Crippen LogP contribution in [-0.4, -0.2) is 42.5 Å². The molecule has 1 saturated carbocycles. The van der Waals surface area contributed by atoms with Crippen LogP contribution in [0.25, 0.3) is 0 Å². The fraction of sp³-hybridized carbons (Fsp3) is 0.556. The maximum atomic E-state index is 12.7. The van der Waals surface area contributed by atoms with Crippen molar-refractivity contribution >= 4 is 17.5 Å². The molecule has 1 aliphatic carbocycles. The van der Waals surface area contributed by atoms with Gasteiger partial charge in [0.25, 0.3) is 5.91 Å². The lowest BCUT2D eigenvalue weighted by Gasteiger charge is -2.54. The van der Waals surface area contributed by atoms with Crippen molar-refractivity contribution < 1.29 is 14.3 Å². The molecule has 2 amide bonds. The Morgan fingerprint density at radius 3 is 2.39 bits per heavy atom. The number of nitrogens with zero attached hydrogens (tertiary/aromatic N) is 1. The molecule has 0 bridgehead atoms. The van der Waals surface area contributed by atoms with E-state index in [-0.39, 0.29) is 29.4 Å². The average molecular weight is 318 g/mol. The van der Waals surface area contributed by atoms with E-state index < -0.39 is 0 Å². The smallest absolute Gasteiger partial charge is 0.253 e. The van der Waals surface area contributed by atoms with Crippen molar-refractivity contribution in [1.82, 2.24) is 4.90 Å². The summed E-state index contributed by atoms with van der Waals surface area (Å²) in [5.74, 6) is -0.133. The Balaban J connectivity index is 2.04. The number of carbonyl (C=O) groups excluding carboxylic acids is 2. The molecule has 0 saturated heterocycles. The van der Waals surface area contributed by atoms with Gasteiger partial charge < -0.3 is 15.0 Å². The second-order valence-electron chi connectivity index (χ2n) is 6.69. The molecule has 126 valence electrons. The number of anilines is 1. The molecular formula is C18H26N2O3. The summed E-state index contributed by atoms with van der Waals surface area (Å²) in [5, 5.41) is 2.70. The normalized spacial score (nSPS) is 22.1. The summed E-state index contributed by atoms with van der Waals surface area (Å²) in [6, 6.07) is 7.15. The van der Waals surface area contributed by atoms with Gasteiger partial charge in [0.05, 0.1) is 6.10 Å². The summed E-state index contributed by atoms with van der Waals surface area (Å²) >= 11 is 0. The van der Waals surface area contributed by atoms with Crippen LogP contribution in [0.15, 0.2) is 24.3 Å². The van der Waals surface area contributed by atoms with E-state index >= 15 is 0 Å². The minimum absolute atomic E-state index is 0.00704. The van der Waals surface area contributed by atoms with Crippen LogP contribution < -0.4 is 5.32 Å². The number of hydrogen-bond donors (Lipinski definition) is 1. The van der Waals surface area contributed by atoms with Crippen molar-refractivity contribution in [2.75, 3.05) is 19.0 Å². The quantitative estimate of drug-likeness (QED) is 0.908. The van der Waals surface area contributed by atoms with Crippen LogP contribution in [0.3, 0.4) is 0 Å². The van der Waals surface area contributed by atoms with E-state index in [1.54, 1.807) is 24.3 Å². The number of amides is 2. The average Bonchev–Trinajstić information content (AvgIpc) is 2.50. The first-order valence-electron chi connectivity index (χ1n) is 8.03. The van der Waals surface area contributed by atoms with Crippen molar-refractivity contribution in [2.24, 2.45) is 5.41 Å². The molecular weight excluding hydrogens is 292 g/mol. The van der Waals surface area contributed by atoms with Gasteiger partial charge in [0.2, 0.25) is 5.91 Å². The number of carbonyl (C=O) groups is 2. The van der Waals surface area contributed by atoms with E-state index in [4.69, 9.17) is 4.74 Å². The second kappa shape index (κ2) is 6.71. The Kier molecular flexibility index (Phi) is 5.09. The summed E-state index contributed by atoms with van der Waals surface area (Å²) < 4.78 is 5.73.